The predicted molar refractivity (Wildman–Crippen MR) is 63.5 cm³/mol. The minimum Gasteiger partial charge on any atom is -0.378 e. The molecule has 2 aromatic rings. The summed E-state index contributed by atoms with van der Waals surface area (Å²) in [7, 11) is 0. The first kappa shape index (κ1) is 11.0. The molecule has 1 heterocycles. The molecule has 1 aromatic heterocycles. The number of halogens is 2. The van der Waals surface area contributed by atoms with Crippen LogP contribution in [-0.2, 0) is 6.54 Å². The lowest BCUT2D eigenvalue weighted by Crippen LogP contribution is -2.02. The van der Waals surface area contributed by atoms with Crippen molar-refractivity contribution in [2.24, 2.45) is 0 Å². The Morgan fingerprint density at radius 1 is 1.25 bits per heavy atom. The predicted octanol–water partition coefficient (Wildman–Crippen LogP) is 2.99. The zero-order valence-electron chi connectivity index (χ0n) is 8.32. The van der Waals surface area contributed by atoms with Gasteiger partial charge in [-0.2, -0.15) is 0 Å². The van der Waals surface area contributed by atoms with E-state index in [9.17, 15) is 4.39 Å². The number of aromatic nitrogens is 2. The summed E-state index contributed by atoms with van der Waals surface area (Å²) in [4.78, 5) is 7.77. The second-order valence-corrected chi connectivity index (χ2v) is 4.14. The lowest BCUT2D eigenvalue weighted by atomic mass is 10.3. The van der Waals surface area contributed by atoms with E-state index in [1.807, 2.05) is 0 Å². The minimum absolute atomic E-state index is 0.278. The van der Waals surface area contributed by atoms with Crippen molar-refractivity contribution in [2.75, 3.05) is 5.32 Å². The third kappa shape index (κ3) is 2.76. The van der Waals surface area contributed by atoms with E-state index in [1.54, 1.807) is 24.5 Å². The molecule has 0 aliphatic carbocycles. The fraction of sp³-hybridized carbons (Fsp3) is 0.0909. The highest BCUT2D eigenvalue weighted by Gasteiger charge is 2.02. The summed E-state index contributed by atoms with van der Waals surface area (Å²) in [5.74, 6) is -0.278. The maximum Gasteiger partial charge on any atom is 0.146 e. The lowest BCUT2D eigenvalue weighted by molar-refractivity contribution is 0.630. The van der Waals surface area contributed by atoms with Crippen molar-refractivity contribution in [3.63, 3.8) is 0 Å². The normalized spacial score (nSPS) is 10.1. The van der Waals surface area contributed by atoms with Crippen molar-refractivity contribution in [1.82, 2.24) is 9.97 Å². The Bertz CT molecular complexity index is 476. The summed E-state index contributed by atoms with van der Waals surface area (Å²) in [6, 6.07) is 4.76. The van der Waals surface area contributed by atoms with E-state index in [4.69, 9.17) is 0 Å². The lowest BCUT2D eigenvalue weighted by Gasteiger charge is -2.07. The largest absolute Gasteiger partial charge is 0.378 e. The Kier molecular flexibility index (Phi) is 3.46. The van der Waals surface area contributed by atoms with Crippen LogP contribution in [0.3, 0.4) is 0 Å². The quantitative estimate of drug-likeness (QED) is 0.940. The van der Waals surface area contributed by atoms with Crippen LogP contribution < -0.4 is 5.32 Å². The number of nitrogens with zero attached hydrogens (tertiary/aromatic N) is 2. The van der Waals surface area contributed by atoms with Gasteiger partial charge in [-0.25, -0.2) is 14.4 Å². The zero-order valence-corrected chi connectivity index (χ0v) is 9.91. The number of hydrogen-bond donors (Lipinski definition) is 1. The molecule has 0 saturated heterocycles. The van der Waals surface area contributed by atoms with Gasteiger partial charge in [-0.3, -0.25) is 0 Å². The standard InChI is InChI=1S/C11H9BrFN3/c12-9-1-2-10(13)11(3-9)16-6-8-4-14-7-15-5-8/h1-5,7,16H,6H2. The molecule has 1 N–H and O–H groups in total. The molecule has 5 heteroatoms. The molecule has 0 fully saturated rings. The van der Waals surface area contributed by atoms with Gasteiger partial charge in [0.05, 0.1) is 5.69 Å². The van der Waals surface area contributed by atoms with E-state index in [-0.39, 0.29) is 5.82 Å². The molecule has 0 unspecified atom stereocenters. The van der Waals surface area contributed by atoms with Gasteiger partial charge in [0.25, 0.3) is 0 Å². The molecule has 0 bridgehead atoms. The van der Waals surface area contributed by atoms with Gasteiger partial charge in [0.1, 0.15) is 12.1 Å². The van der Waals surface area contributed by atoms with Crippen LogP contribution in [-0.4, -0.2) is 9.97 Å². The van der Waals surface area contributed by atoms with Crippen molar-refractivity contribution in [1.29, 1.82) is 0 Å². The van der Waals surface area contributed by atoms with E-state index in [2.05, 4.69) is 31.2 Å². The molecule has 0 amide bonds. The number of nitrogens with one attached hydrogen (secondary N) is 1. The van der Waals surface area contributed by atoms with Gasteiger partial charge in [0.15, 0.2) is 0 Å². The Hall–Kier alpha value is -1.49. The van der Waals surface area contributed by atoms with Crippen LogP contribution in [0, 0.1) is 5.82 Å². The molecular weight excluding hydrogens is 273 g/mol. The fourth-order valence-electron chi connectivity index (χ4n) is 1.25. The molecule has 0 saturated carbocycles. The van der Waals surface area contributed by atoms with Crippen LogP contribution in [0.4, 0.5) is 10.1 Å². The fourth-order valence-corrected chi connectivity index (χ4v) is 1.61. The van der Waals surface area contributed by atoms with Crippen LogP contribution in [0.25, 0.3) is 0 Å². The second kappa shape index (κ2) is 5.03. The Labute approximate surface area is 101 Å². The van der Waals surface area contributed by atoms with Crippen LogP contribution in [0.2, 0.25) is 0 Å². The molecule has 0 atom stereocenters. The molecule has 82 valence electrons. The third-order valence-electron chi connectivity index (χ3n) is 2.03. The maximum atomic E-state index is 13.4. The molecule has 16 heavy (non-hydrogen) atoms. The average Bonchev–Trinajstić information content (AvgIpc) is 2.32. The third-order valence-corrected chi connectivity index (χ3v) is 2.52. The Morgan fingerprint density at radius 3 is 2.75 bits per heavy atom. The summed E-state index contributed by atoms with van der Waals surface area (Å²) in [6.07, 6.45) is 4.84. The van der Waals surface area contributed by atoms with Crippen LogP contribution in [0.15, 0.2) is 41.4 Å². The SMILES string of the molecule is Fc1ccc(Br)cc1NCc1cncnc1. The number of benzene rings is 1. The second-order valence-electron chi connectivity index (χ2n) is 3.22. The average molecular weight is 282 g/mol. The summed E-state index contributed by atoms with van der Waals surface area (Å²) in [5, 5.41) is 2.99. The molecule has 0 aliphatic heterocycles. The molecule has 2 rings (SSSR count). The van der Waals surface area contributed by atoms with Crippen LogP contribution >= 0.6 is 15.9 Å². The van der Waals surface area contributed by atoms with Gasteiger partial charge in [-0.15, -0.1) is 0 Å². The number of anilines is 1. The van der Waals surface area contributed by atoms with Crippen molar-refractivity contribution in [2.45, 2.75) is 6.54 Å². The van der Waals surface area contributed by atoms with Gasteiger partial charge < -0.3 is 5.32 Å². The number of rotatable bonds is 3. The summed E-state index contributed by atoms with van der Waals surface area (Å²) in [5.41, 5.74) is 1.36. The van der Waals surface area contributed by atoms with Gasteiger partial charge in [-0.1, -0.05) is 15.9 Å². The van der Waals surface area contributed by atoms with E-state index in [0.29, 0.717) is 12.2 Å². The van der Waals surface area contributed by atoms with E-state index < -0.39 is 0 Å². The van der Waals surface area contributed by atoms with Gasteiger partial charge >= 0.3 is 0 Å². The van der Waals surface area contributed by atoms with Crippen molar-refractivity contribution in [3.8, 4) is 0 Å². The smallest absolute Gasteiger partial charge is 0.146 e. The van der Waals surface area contributed by atoms with Gasteiger partial charge in [-0.05, 0) is 18.2 Å². The van der Waals surface area contributed by atoms with E-state index >= 15 is 0 Å². The summed E-state index contributed by atoms with van der Waals surface area (Å²) >= 11 is 3.29. The van der Waals surface area contributed by atoms with E-state index in [1.165, 1.54) is 12.4 Å². The van der Waals surface area contributed by atoms with Crippen molar-refractivity contribution < 1.29 is 4.39 Å². The molecule has 0 spiro atoms. The highest BCUT2D eigenvalue weighted by Crippen LogP contribution is 2.20. The highest BCUT2D eigenvalue weighted by molar-refractivity contribution is 9.10. The topological polar surface area (TPSA) is 37.8 Å². The molecule has 0 radical (unpaired) electrons. The van der Waals surface area contributed by atoms with Gasteiger partial charge in [0, 0.05) is 29.0 Å². The summed E-state index contributed by atoms with van der Waals surface area (Å²) < 4.78 is 14.2. The monoisotopic (exact) mass is 281 g/mol. The first-order chi connectivity index (χ1) is 7.75. The van der Waals surface area contributed by atoms with Gasteiger partial charge in [0.2, 0.25) is 0 Å². The van der Waals surface area contributed by atoms with Crippen molar-refractivity contribution in [3.05, 3.63) is 52.8 Å². The molecule has 0 aliphatic rings. The Balaban J connectivity index is 2.08. The van der Waals surface area contributed by atoms with Crippen LogP contribution in [0.5, 0.6) is 0 Å². The summed E-state index contributed by atoms with van der Waals surface area (Å²) in [6.45, 7) is 0.494. The molecule has 3 nitrogen and oxygen atoms in total. The van der Waals surface area contributed by atoms with Crippen molar-refractivity contribution >= 4 is 21.6 Å². The molecular formula is C11H9BrFN3. The first-order valence-electron chi connectivity index (χ1n) is 4.68. The molecule has 1 aromatic carbocycles. The minimum atomic E-state index is -0.278. The highest BCUT2D eigenvalue weighted by atomic mass is 79.9. The van der Waals surface area contributed by atoms with Crippen LogP contribution in [0.1, 0.15) is 5.56 Å². The maximum absolute atomic E-state index is 13.4. The first-order valence-corrected chi connectivity index (χ1v) is 5.48. The Morgan fingerprint density at radius 2 is 2.00 bits per heavy atom. The number of hydrogen-bond acceptors (Lipinski definition) is 3. The zero-order chi connectivity index (χ0) is 11.4. The van der Waals surface area contributed by atoms with E-state index in [0.717, 1.165) is 10.0 Å².